The number of nitrogens with zero attached hydrogens (tertiary/aromatic N) is 4. The van der Waals surface area contributed by atoms with Crippen LogP contribution in [-0.4, -0.2) is 59.2 Å². The monoisotopic (exact) mass is 722 g/mol. The van der Waals surface area contributed by atoms with Crippen LogP contribution in [0.2, 0.25) is 0 Å². The van der Waals surface area contributed by atoms with Gasteiger partial charge in [0.05, 0.1) is 0 Å². The Morgan fingerprint density at radius 1 is 0.711 bits per heavy atom. The maximum atomic E-state index is 17.9. The molecular weight excluding hydrogens is 685 g/mol. The van der Waals surface area contributed by atoms with Gasteiger partial charge in [0.15, 0.2) is 0 Å². The molecule has 0 atom stereocenters. The van der Waals surface area contributed by atoms with Crippen LogP contribution in [0.5, 0.6) is 0 Å². The van der Waals surface area contributed by atoms with Crippen molar-refractivity contribution in [1.82, 2.24) is 5.58 Å². The molecule has 0 saturated carbocycles. The summed E-state index contributed by atoms with van der Waals surface area (Å²) < 4.78 is 38.4. The Labute approximate surface area is 266 Å². The van der Waals surface area contributed by atoms with E-state index in [0.29, 0.717) is 68.8 Å². The number of carboxylic acids is 2. The molecule has 0 aliphatic carbocycles. The molecule has 0 amide bonds. The van der Waals surface area contributed by atoms with Crippen molar-refractivity contribution in [2.75, 3.05) is 0 Å². The molecule has 0 radical (unpaired) electrons. The van der Waals surface area contributed by atoms with Crippen LogP contribution in [0, 0.1) is 13.8 Å². The van der Waals surface area contributed by atoms with Crippen LogP contribution in [0.4, 0.5) is 5.73 Å². The van der Waals surface area contributed by atoms with Gasteiger partial charge in [0.2, 0.25) is 0 Å². The van der Waals surface area contributed by atoms with Gasteiger partial charge < -0.3 is 0 Å². The van der Waals surface area contributed by atoms with Crippen LogP contribution < -0.4 is 10.7 Å². The summed E-state index contributed by atoms with van der Waals surface area (Å²) in [4.78, 5) is 33.3. The first-order valence-electron chi connectivity index (χ1n) is 15.3. The van der Waals surface area contributed by atoms with Gasteiger partial charge in [-0.3, -0.25) is 0 Å². The van der Waals surface area contributed by atoms with E-state index >= 15 is 5.73 Å². The van der Waals surface area contributed by atoms with Gasteiger partial charge in [-0.25, -0.2) is 0 Å². The SMILES string of the molecule is CCC1=C(C)C2=NC1=Cc1c(C)c(CCC(=O)O)c3[n]1[Sn]([F])([F])[n]1c(c(C)c(CC)c1=C2)=CC1=NC(=C3)C(CCC(=O)O)=C1C. The molecule has 4 aliphatic heterocycles. The Balaban J connectivity index is 1.86. The molecule has 11 heteroatoms. The van der Waals surface area contributed by atoms with E-state index in [0.717, 1.165) is 27.8 Å². The molecule has 2 N–H and O–H groups in total. The van der Waals surface area contributed by atoms with Crippen molar-refractivity contribution in [1.29, 1.82) is 0 Å². The molecule has 2 aromatic heterocycles. The van der Waals surface area contributed by atoms with Gasteiger partial charge in [0.25, 0.3) is 0 Å². The fraction of sp³-hybridized carbons (Fsp3) is 0.353. The van der Waals surface area contributed by atoms with Crippen LogP contribution in [0.1, 0.15) is 87.0 Å². The van der Waals surface area contributed by atoms with Crippen molar-refractivity contribution in [3.63, 3.8) is 0 Å². The van der Waals surface area contributed by atoms with E-state index in [9.17, 15) is 19.8 Å². The van der Waals surface area contributed by atoms with E-state index in [1.807, 2.05) is 40.7 Å². The Kier molecular flexibility index (Phi) is 7.78. The van der Waals surface area contributed by atoms with Crippen molar-refractivity contribution in [2.24, 2.45) is 9.98 Å². The summed E-state index contributed by atoms with van der Waals surface area (Å²) in [7, 11) is 0. The number of hydrogen-bond acceptors (Lipinski definition) is 4. The zero-order valence-electron chi connectivity index (χ0n) is 26.3. The van der Waals surface area contributed by atoms with Crippen LogP contribution in [0.15, 0.2) is 43.7 Å². The molecule has 2 aromatic rings. The number of allylic oxidation sites excluding steroid dienone is 4. The van der Waals surface area contributed by atoms with Crippen molar-refractivity contribution >= 4 is 67.7 Å². The molecule has 6 rings (SSSR count). The van der Waals surface area contributed by atoms with Gasteiger partial charge in [-0.1, -0.05) is 0 Å². The third-order valence-electron chi connectivity index (χ3n) is 9.55. The van der Waals surface area contributed by atoms with Gasteiger partial charge in [0.1, 0.15) is 0 Å². The van der Waals surface area contributed by atoms with E-state index in [-0.39, 0.29) is 31.4 Å². The first kappa shape index (κ1) is 31.2. The zero-order chi connectivity index (χ0) is 32.5. The molecule has 6 heterocycles. The molecule has 234 valence electrons. The summed E-state index contributed by atoms with van der Waals surface area (Å²) in [5, 5.41) is 20.0. The maximum absolute atomic E-state index is 17.9. The Bertz CT molecular complexity index is 2050. The van der Waals surface area contributed by atoms with E-state index in [1.165, 1.54) is 5.58 Å². The van der Waals surface area contributed by atoms with Gasteiger partial charge in [-0.15, -0.1) is 0 Å². The number of carboxylic acid groups (broad SMARTS) is 2. The fourth-order valence-corrected chi connectivity index (χ4v) is 13.5. The van der Waals surface area contributed by atoms with E-state index in [4.69, 9.17) is 9.98 Å². The molecular formula is C34H36F2N4O4Sn. The van der Waals surface area contributed by atoms with Crippen molar-refractivity contribution in [3.8, 4) is 0 Å². The number of rotatable bonds is 8. The normalized spacial score (nSPS) is 17.8. The zero-order valence-corrected chi connectivity index (χ0v) is 29.2. The van der Waals surface area contributed by atoms with Gasteiger partial charge in [-0.05, 0) is 0 Å². The molecule has 8 nitrogen and oxygen atoms in total. The third-order valence-corrected chi connectivity index (χ3v) is 15.4. The number of carbonyl (C=O) groups is 2. The van der Waals surface area contributed by atoms with E-state index < -0.39 is 32.0 Å². The van der Waals surface area contributed by atoms with Crippen LogP contribution in [-0.2, 0) is 22.4 Å². The van der Waals surface area contributed by atoms with E-state index in [2.05, 4.69) is 0 Å². The molecule has 0 fully saturated rings. The molecule has 0 saturated heterocycles. The first-order valence-corrected chi connectivity index (χ1v) is 20.0. The summed E-state index contributed by atoms with van der Waals surface area (Å²) in [6.07, 6.45) is 8.05. The van der Waals surface area contributed by atoms with Crippen LogP contribution >= 0.6 is 0 Å². The minimum absolute atomic E-state index is 0.0576. The number of hydrogen-bond donors (Lipinski definition) is 2. The van der Waals surface area contributed by atoms with Gasteiger partial charge >= 0.3 is 267 Å². The second-order valence-corrected chi connectivity index (χ2v) is 17.4. The fourth-order valence-electron chi connectivity index (χ4n) is 7.17. The molecule has 6 bridgehead atoms. The number of aliphatic imine (C=N–C) groups is 2. The summed E-state index contributed by atoms with van der Waals surface area (Å²) >= 11 is -6.73. The van der Waals surface area contributed by atoms with Gasteiger partial charge in [-0.2, -0.15) is 0 Å². The van der Waals surface area contributed by atoms with Crippen LogP contribution in [0.25, 0.3) is 24.3 Å². The third kappa shape index (κ3) is 4.83. The van der Waals surface area contributed by atoms with Crippen LogP contribution in [0.3, 0.4) is 0 Å². The predicted octanol–water partition coefficient (Wildman–Crippen LogP) is 5.34. The number of aliphatic carboxylic acids is 2. The first-order chi connectivity index (χ1) is 21.3. The second kappa shape index (κ2) is 11.2. The standard InChI is InChI=1S/C34H38N4O4.2FH.Sn/c1-7-21-17(3)25-13-26-19(5)23(9-11-33(39)40)31(37-26)16-32-24(10-12-34(41)42)20(6)28(38-32)15-30-22(8-2)18(4)27(36-30)14-29(21)35-25;;;/h13-16H,7-12H2,1-6H3,(H4,35,36,37,38,39,40,41,42);2*1H;/q;;;+4/p-4. The molecule has 0 unspecified atom stereocenters. The molecule has 0 aromatic carbocycles. The van der Waals surface area contributed by atoms with Crippen molar-refractivity contribution < 1.29 is 25.5 Å². The summed E-state index contributed by atoms with van der Waals surface area (Å²) in [5.41, 5.74) is 8.94. The van der Waals surface area contributed by atoms with Crippen molar-refractivity contribution in [2.45, 2.75) is 80.1 Å². The summed E-state index contributed by atoms with van der Waals surface area (Å²) in [5.74, 6) is -1.98. The Morgan fingerprint density at radius 3 is 1.87 bits per heavy atom. The average Bonchev–Trinajstić information content (AvgIpc) is 3.61. The van der Waals surface area contributed by atoms with E-state index in [1.54, 1.807) is 25.2 Å². The predicted molar refractivity (Wildman–Crippen MR) is 174 cm³/mol. The summed E-state index contributed by atoms with van der Waals surface area (Å²) in [6.45, 7) is 11.5. The van der Waals surface area contributed by atoms with Gasteiger partial charge in [0, 0.05) is 0 Å². The van der Waals surface area contributed by atoms with Crippen molar-refractivity contribution in [3.05, 3.63) is 78.0 Å². The Hall–Kier alpha value is -3.80. The molecule has 0 spiro atoms. The average molecular weight is 721 g/mol. The minimum atomic E-state index is -6.73. The summed E-state index contributed by atoms with van der Waals surface area (Å²) in [6, 6.07) is 0. The topological polar surface area (TPSA) is 109 Å². The second-order valence-electron chi connectivity index (χ2n) is 12.0. The quantitative estimate of drug-likeness (QED) is 0.359. The number of aromatic nitrogens is 2. The molecule has 45 heavy (non-hydrogen) atoms. The number of halogens is 2. The number of fused-ring (bicyclic) bond motifs is 2. The Morgan fingerprint density at radius 2 is 1.27 bits per heavy atom. The molecule has 4 aliphatic rings.